The van der Waals surface area contributed by atoms with Crippen molar-refractivity contribution in [3.63, 3.8) is 0 Å². The zero-order chi connectivity index (χ0) is 11.3. The number of benzene rings is 1. The predicted octanol–water partition coefficient (Wildman–Crippen LogP) is 3.19. The van der Waals surface area contributed by atoms with E-state index < -0.39 is 0 Å². The molecule has 2 heteroatoms. The van der Waals surface area contributed by atoms with E-state index in [2.05, 4.69) is 13.0 Å². The van der Waals surface area contributed by atoms with Crippen molar-refractivity contribution in [3.8, 4) is 5.75 Å². The molecule has 0 N–H and O–H groups in total. The Morgan fingerprint density at radius 3 is 2.47 bits per heavy atom. The summed E-state index contributed by atoms with van der Waals surface area (Å²) in [6.45, 7) is 9.40. The van der Waals surface area contributed by atoms with E-state index in [9.17, 15) is 0 Å². The zero-order valence-corrected chi connectivity index (χ0v) is 10.0. The molecule has 0 amide bonds. The molecule has 0 unspecified atom stereocenters. The summed E-state index contributed by atoms with van der Waals surface area (Å²) in [5, 5.41) is 0. The van der Waals surface area contributed by atoms with Crippen LogP contribution in [0.1, 0.15) is 26.3 Å². The highest BCUT2D eigenvalue weighted by Crippen LogP contribution is 2.12. The fraction of sp³-hybridized carbons (Fsp3) is 0.538. The average Bonchev–Trinajstić information content (AvgIpc) is 2.11. The van der Waals surface area contributed by atoms with Gasteiger partial charge in [-0.05, 0) is 45.4 Å². The van der Waals surface area contributed by atoms with Crippen molar-refractivity contribution in [2.45, 2.75) is 33.3 Å². The van der Waals surface area contributed by atoms with Crippen LogP contribution in [0.2, 0.25) is 0 Å². The summed E-state index contributed by atoms with van der Waals surface area (Å²) in [4.78, 5) is 0. The van der Waals surface area contributed by atoms with Crippen LogP contribution in [0.4, 0.5) is 0 Å². The molecule has 1 aromatic carbocycles. The Hall–Kier alpha value is -1.02. The van der Waals surface area contributed by atoms with E-state index >= 15 is 0 Å². The molecule has 0 saturated heterocycles. The molecule has 0 aliphatic rings. The lowest BCUT2D eigenvalue weighted by molar-refractivity contribution is -0.0163. The molecule has 0 bridgehead atoms. The smallest absolute Gasteiger partial charge is 0.119 e. The summed E-state index contributed by atoms with van der Waals surface area (Å²) in [6, 6.07) is 8.04. The first kappa shape index (κ1) is 12.1. The molecule has 1 rings (SSSR count). The van der Waals surface area contributed by atoms with Crippen molar-refractivity contribution >= 4 is 0 Å². The molecule has 0 saturated carbocycles. The molecule has 0 radical (unpaired) electrons. The van der Waals surface area contributed by atoms with E-state index in [1.165, 1.54) is 5.56 Å². The molecular formula is C13H20O2. The topological polar surface area (TPSA) is 18.5 Å². The largest absolute Gasteiger partial charge is 0.491 e. The van der Waals surface area contributed by atoms with E-state index in [0.717, 1.165) is 5.75 Å². The van der Waals surface area contributed by atoms with Gasteiger partial charge in [0.15, 0.2) is 0 Å². The third-order valence-electron chi connectivity index (χ3n) is 1.88. The zero-order valence-electron chi connectivity index (χ0n) is 10.0. The Kier molecular flexibility index (Phi) is 4.15. The second kappa shape index (κ2) is 5.17. The molecule has 0 spiro atoms. The van der Waals surface area contributed by atoms with E-state index in [-0.39, 0.29) is 5.60 Å². The molecule has 0 aromatic heterocycles. The summed E-state index contributed by atoms with van der Waals surface area (Å²) in [7, 11) is 0. The normalized spacial score (nSPS) is 11.5. The van der Waals surface area contributed by atoms with Crippen molar-refractivity contribution in [2.75, 3.05) is 13.2 Å². The van der Waals surface area contributed by atoms with Gasteiger partial charge in [0, 0.05) is 0 Å². The Labute approximate surface area is 92.2 Å². The summed E-state index contributed by atoms with van der Waals surface area (Å²) >= 11 is 0. The number of rotatable bonds is 4. The van der Waals surface area contributed by atoms with E-state index in [1.807, 2.05) is 39.0 Å². The van der Waals surface area contributed by atoms with Crippen LogP contribution in [0.5, 0.6) is 5.75 Å². The summed E-state index contributed by atoms with van der Waals surface area (Å²) < 4.78 is 11.1. The lowest BCUT2D eigenvalue weighted by Gasteiger charge is -2.19. The van der Waals surface area contributed by atoms with Gasteiger partial charge < -0.3 is 9.47 Å². The summed E-state index contributed by atoms with van der Waals surface area (Å²) in [6.07, 6.45) is 0. The summed E-state index contributed by atoms with van der Waals surface area (Å²) in [5.74, 6) is 0.910. The summed E-state index contributed by atoms with van der Waals surface area (Å²) in [5.41, 5.74) is 1.12. The van der Waals surface area contributed by atoms with E-state index in [0.29, 0.717) is 13.2 Å². The number of aryl methyl sites for hydroxylation is 1. The van der Waals surface area contributed by atoms with Gasteiger partial charge in [0.05, 0.1) is 12.2 Å². The molecule has 2 nitrogen and oxygen atoms in total. The maximum absolute atomic E-state index is 5.56. The Bertz CT molecular complexity index is 300. The van der Waals surface area contributed by atoms with Crippen molar-refractivity contribution in [3.05, 3.63) is 29.8 Å². The molecular weight excluding hydrogens is 188 g/mol. The highest BCUT2D eigenvalue weighted by atomic mass is 16.5. The fourth-order valence-electron chi connectivity index (χ4n) is 1.21. The van der Waals surface area contributed by atoms with Gasteiger partial charge in [0.2, 0.25) is 0 Å². The fourth-order valence-corrected chi connectivity index (χ4v) is 1.21. The minimum atomic E-state index is -0.0873. The first-order valence-corrected chi connectivity index (χ1v) is 5.31. The molecule has 0 atom stereocenters. The van der Waals surface area contributed by atoms with E-state index in [4.69, 9.17) is 9.47 Å². The molecule has 0 heterocycles. The highest BCUT2D eigenvalue weighted by Gasteiger charge is 2.09. The maximum atomic E-state index is 5.56. The lowest BCUT2D eigenvalue weighted by atomic mass is 10.2. The van der Waals surface area contributed by atoms with Crippen molar-refractivity contribution < 1.29 is 9.47 Å². The number of hydrogen-bond acceptors (Lipinski definition) is 2. The van der Waals surface area contributed by atoms with Crippen LogP contribution in [0.3, 0.4) is 0 Å². The van der Waals surface area contributed by atoms with Gasteiger partial charge >= 0.3 is 0 Å². The number of ether oxygens (including phenoxy) is 2. The van der Waals surface area contributed by atoms with Gasteiger partial charge in [-0.2, -0.15) is 0 Å². The third kappa shape index (κ3) is 5.43. The van der Waals surface area contributed by atoms with Gasteiger partial charge in [0.1, 0.15) is 12.4 Å². The van der Waals surface area contributed by atoms with Crippen molar-refractivity contribution in [2.24, 2.45) is 0 Å². The Morgan fingerprint density at radius 2 is 1.87 bits per heavy atom. The molecule has 0 aliphatic carbocycles. The van der Waals surface area contributed by atoms with Gasteiger partial charge in [-0.3, -0.25) is 0 Å². The van der Waals surface area contributed by atoms with Crippen LogP contribution in [-0.4, -0.2) is 18.8 Å². The first-order valence-electron chi connectivity index (χ1n) is 5.31. The Balaban J connectivity index is 2.26. The van der Waals surface area contributed by atoms with Crippen molar-refractivity contribution in [1.29, 1.82) is 0 Å². The van der Waals surface area contributed by atoms with Gasteiger partial charge in [-0.25, -0.2) is 0 Å². The van der Waals surface area contributed by atoms with Crippen LogP contribution in [-0.2, 0) is 4.74 Å². The first-order chi connectivity index (χ1) is 6.97. The molecule has 0 fully saturated rings. The van der Waals surface area contributed by atoms with Crippen LogP contribution < -0.4 is 4.74 Å². The third-order valence-corrected chi connectivity index (χ3v) is 1.88. The quantitative estimate of drug-likeness (QED) is 0.707. The Morgan fingerprint density at radius 1 is 1.13 bits per heavy atom. The molecule has 1 aromatic rings. The minimum Gasteiger partial charge on any atom is -0.491 e. The van der Waals surface area contributed by atoms with Gasteiger partial charge in [-0.1, -0.05) is 12.1 Å². The maximum Gasteiger partial charge on any atom is 0.119 e. The minimum absolute atomic E-state index is 0.0873. The van der Waals surface area contributed by atoms with Crippen molar-refractivity contribution in [1.82, 2.24) is 0 Å². The molecule has 84 valence electrons. The van der Waals surface area contributed by atoms with Crippen LogP contribution in [0.25, 0.3) is 0 Å². The van der Waals surface area contributed by atoms with Crippen LogP contribution >= 0.6 is 0 Å². The van der Waals surface area contributed by atoms with Gasteiger partial charge in [0.25, 0.3) is 0 Å². The second-order valence-electron chi connectivity index (χ2n) is 4.63. The molecule has 0 aliphatic heterocycles. The van der Waals surface area contributed by atoms with Crippen LogP contribution in [0, 0.1) is 6.92 Å². The average molecular weight is 208 g/mol. The van der Waals surface area contributed by atoms with Crippen LogP contribution in [0.15, 0.2) is 24.3 Å². The van der Waals surface area contributed by atoms with Gasteiger partial charge in [-0.15, -0.1) is 0 Å². The second-order valence-corrected chi connectivity index (χ2v) is 4.63. The van der Waals surface area contributed by atoms with E-state index in [1.54, 1.807) is 0 Å². The standard InChI is InChI=1S/C13H20O2/c1-11-6-5-7-12(10-11)14-8-9-15-13(2,3)4/h5-7,10H,8-9H2,1-4H3. The number of hydrogen-bond donors (Lipinski definition) is 0. The predicted molar refractivity (Wildman–Crippen MR) is 62.4 cm³/mol. The highest BCUT2D eigenvalue weighted by molar-refractivity contribution is 5.27. The monoisotopic (exact) mass is 208 g/mol. The SMILES string of the molecule is Cc1cccc(OCCOC(C)(C)C)c1. The molecule has 15 heavy (non-hydrogen) atoms. The lowest BCUT2D eigenvalue weighted by Crippen LogP contribution is -2.22.